The number of nitrogens with zero attached hydrogens (tertiary/aromatic N) is 3. The Labute approximate surface area is 124 Å². The predicted molar refractivity (Wildman–Crippen MR) is 79.0 cm³/mol. The zero-order valence-corrected chi connectivity index (χ0v) is 12.4. The van der Waals surface area contributed by atoms with E-state index in [0.29, 0.717) is 13.1 Å². The Kier molecular flexibility index (Phi) is 3.64. The minimum Gasteiger partial charge on any atom is -0.484 e. The van der Waals surface area contributed by atoms with Crippen molar-refractivity contribution in [3.05, 3.63) is 47.5 Å². The summed E-state index contributed by atoms with van der Waals surface area (Å²) in [6.45, 7) is 3.42. The third-order valence-corrected chi connectivity index (χ3v) is 3.84. The largest absolute Gasteiger partial charge is 0.484 e. The molecule has 0 unspecified atom stereocenters. The summed E-state index contributed by atoms with van der Waals surface area (Å²) in [5.41, 5.74) is 3.39. The summed E-state index contributed by atoms with van der Waals surface area (Å²) >= 11 is 0. The molecule has 0 saturated heterocycles. The summed E-state index contributed by atoms with van der Waals surface area (Å²) in [6, 6.07) is 7.72. The van der Waals surface area contributed by atoms with Gasteiger partial charge < -0.3 is 14.2 Å². The molecule has 0 atom stereocenters. The average molecular weight is 285 g/mol. The second-order valence-corrected chi connectivity index (χ2v) is 5.42. The molecule has 1 aliphatic rings. The van der Waals surface area contributed by atoms with Crippen LogP contribution in [0.25, 0.3) is 0 Å². The number of hydrogen-bond donors (Lipinski definition) is 0. The molecule has 1 aromatic carbocycles. The maximum Gasteiger partial charge on any atom is 0.260 e. The molecule has 1 aromatic heterocycles. The van der Waals surface area contributed by atoms with Crippen LogP contribution in [0.15, 0.2) is 30.6 Å². The number of aryl methyl sites for hydroxylation is 2. The molecule has 3 rings (SSSR count). The average Bonchev–Trinajstić information content (AvgIpc) is 2.87. The van der Waals surface area contributed by atoms with Crippen molar-refractivity contribution in [2.24, 2.45) is 7.05 Å². The lowest BCUT2D eigenvalue weighted by molar-refractivity contribution is -0.134. The number of rotatable bonds is 3. The summed E-state index contributed by atoms with van der Waals surface area (Å²) in [5, 5.41) is 0. The molecule has 21 heavy (non-hydrogen) atoms. The Morgan fingerprint density at radius 1 is 1.33 bits per heavy atom. The van der Waals surface area contributed by atoms with Gasteiger partial charge in [0, 0.05) is 20.0 Å². The van der Waals surface area contributed by atoms with E-state index in [-0.39, 0.29) is 12.5 Å². The van der Waals surface area contributed by atoms with E-state index in [1.165, 1.54) is 5.56 Å². The van der Waals surface area contributed by atoms with Crippen LogP contribution in [0.3, 0.4) is 0 Å². The smallest absolute Gasteiger partial charge is 0.260 e. The maximum absolute atomic E-state index is 12.3. The first-order valence-corrected chi connectivity index (χ1v) is 7.10. The van der Waals surface area contributed by atoms with Gasteiger partial charge in [0.25, 0.3) is 5.91 Å². The summed E-state index contributed by atoms with van der Waals surface area (Å²) in [5.74, 6) is 0.745. The van der Waals surface area contributed by atoms with E-state index in [0.717, 1.165) is 23.6 Å². The van der Waals surface area contributed by atoms with Crippen LogP contribution in [0.2, 0.25) is 0 Å². The Hall–Kier alpha value is -2.30. The molecule has 0 N–H and O–H groups in total. The monoisotopic (exact) mass is 285 g/mol. The number of ether oxygens (including phenoxy) is 1. The second kappa shape index (κ2) is 5.60. The van der Waals surface area contributed by atoms with Gasteiger partial charge in [-0.1, -0.05) is 17.7 Å². The van der Waals surface area contributed by atoms with Crippen molar-refractivity contribution < 1.29 is 9.53 Å². The van der Waals surface area contributed by atoms with Crippen molar-refractivity contribution in [3.8, 4) is 5.75 Å². The van der Waals surface area contributed by atoms with E-state index < -0.39 is 0 Å². The van der Waals surface area contributed by atoms with Gasteiger partial charge in [-0.15, -0.1) is 0 Å². The highest BCUT2D eigenvalue weighted by Crippen LogP contribution is 2.17. The van der Waals surface area contributed by atoms with Gasteiger partial charge in [-0.25, -0.2) is 4.98 Å². The van der Waals surface area contributed by atoms with E-state index in [1.807, 2.05) is 47.7 Å². The van der Waals surface area contributed by atoms with Crippen LogP contribution in [0.5, 0.6) is 5.75 Å². The van der Waals surface area contributed by atoms with Crippen LogP contribution in [0.4, 0.5) is 0 Å². The fourth-order valence-corrected chi connectivity index (χ4v) is 2.50. The first-order valence-electron chi connectivity index (χ1n) is 7.10. The number of aromatic nitrogens is 2. The second-order valence-electron chi connectivity index (χ2n) is 5.42. The van der Waals surface area contributed by atoms with E-state index in [2.05, 4.69) is 4.98 Å². The number of carbonyl (C=O) groups excluding carboxylic acids is 1. The number of fused-ring (bicyclic) bond motifs is 1. The first kappa shape index (κ1) is 13.7. The molecular formula is C16H19N3O2. The zero-order valence-electron chi connectivity index (χ0n) is 12.4. The highest BCUT2D eigenvalue weighted by atomic mass is 16.5. The fourth-order valence-electron chi connectivity index (χ4n) is 2.50. The minimum absolute atomic E-state index is 0.0161. The van der Waals surface area contributed by atoms with E-state index in [9.17, 15) is 4.79 Å². The quantitative estimate of drug-likeness (QED) is 0.862. The number of carbonyl (C=O) groups is 1. The van der Waals surface area contributed by atoms with Gasteiger partial charge in [-0.3, -0.25) is 4.79 Å². The van der Waals surface area contributed by atoms with Crippen molar-refractivity contribution in [1.29, 1.82) is 0 Å². The minimum atomic E-state index is 0.0161. The van der Waals surface area contributed by atoms with Gasteiger partial charge in [0.15, 0.2) is 6.61 Å². The number of hydrogen-bond acceptors (Lipinski definition) is 3. The van der Waals surface area contributed by atoms with Gasteiger partial charge in [-0.2, -0.15) is 0 Å². The lowest BCUT2D eigenvalue weighted by atomic mass is 10.1. The predicted octanol–water partition coefficient (Wildman–Crippen LogP) is 1.69. The lowest BCUT2D eigenvalue weighted by Gasteiger charge is -2.27. The molecule has 2 aromatic rings. The molecule has 0 radical (unpaired) electrons. The normalized spacial score (nSPS) is 13.9. The lowest BCUT2D eigenvalue weighted by Crippen LogP contribution is -2.39. The molecule has 1 amide bonds. The van der Waals surface area contributed by atoms with Crippen LogP contribution in [-0.4, -0.2) is 33.5 Å². The Balaban J connectivity index is 1.59. The van der Waals surface area contributed by atoms with Gasteiger partial charge in [0.05, 0.1) is 24.3 Å². The van der Waals surface area contributed by atoms with Gasteiger partial charge >= 0.3 is 0 Å². The highest BCUT2D eigenvalue weighted by Gasteiger charge is 2.23. The summed E-state index contributed by atoms with van der Waals surface area (Å²) in [6.07, 6.45) is 2.62. The third kappa shape index (κ3) is 2.91. The number of imidazole rings is 1. The van der Waals surface area contributed by atoms with E-state index in [4.69, 9.17) is 4.74 Å². The number of amides is 1. The van der Waals surface area contributed by atoms with Gasteiger partial charge in [-0.05, 0) is 19.1 Å². The topological polar surface area (TPSA) is 47.4 Å². The van der Waals surface area contributed by atoms with Crippen LogP contribution in [-0.2, 0) is 24.8 Å². The summed E-state index contributed by atoms with van der Waals surface area (Å²) < 4.78 is 7.54. The van der Waals surface area contributed by atoms with Crippen LogP contribution >= 0.6 is 0 Å². The standard InChI is InChI=1S/C16H19N3O2/c1-12-3-5-13(6-4-12)21-10-16(20)19-8-7-14-15(9-19)18(2)11-17-14/h3-6,11H,7-10H2,1-2H3. The van der Waals surface area contributed by atoms with Gasteiger partial charge in [0.2, 0.25) is 0 Å². The molecule has 0 aliphatic carbocycles. The fraction of sp³-hybridized carbons (Fsp3) is 0.375. The molecule has 1 aliphatic heterocycles. The van der Waals surface area contributed by atoms with Crippen molar-refractivity contribution in [3.63, 3.8) is 0 Å². The Morgan fingerprint density at radius 3 is 2.86 bits per heavy atom. The third-order valence-electron chi connectivity index (χ3n) is 3.84. The summed E-state index contributed by atoms with van der Waals surface area (Å²) in [7, 11) is 1.96. The SMILES string of the molecule is Cc1ccc(OCC(=O)N2CCc3ncn(C)c3C2)cc1. The highest BCUT2D eigenvalue weighted by molar-refractivity contribution is 5.78. The maximum atomic E-state index is 12.3. The number of benzene rings is 1. The molecule has 0 bridgehead atoms. The van der Waals surface area contributed by atoms with Crippen LogP contribution < -0.4 is 4.74 Å². The van der Waals surface area contributed by atoms with Crippen molar-refractivity contribution in [2.75, 3.05) is 13.2 Å². The molecule has 2 heterocycles. The molecule has 0 fully saturated rings. The Bertz CT molecular complexity index is 646. The van der Waals surface area contributed by atoms with E-state index >= 15 is 0 Å². The van der Waals surface area contributed by atoms with Crippen LogP contribution in [0.1, 0.15) is 17.0 Å². The molecule has 5 nitrogen and oxygen atoms in total. The first-order chi connectivity index (χ1) is 10.1. The Morgan fingerprint density at radius 2 is 2.10 bits per heavy atom. The molecular weight excluding hydrogens is 266 g/mol. The van der Waals surface area contributed by atoms with Crippen molar-refractivity contribution >= 4 is 5.91 Å². The molecule has 5 heteroatoms. The molecule has 110 valence electrons. The molecule has 0 spiro atoms. The van der Waals surface area contributed by atoms with Gasteiger partial charge in [0.1, 0.15) is 5.75 Å². The van der Waals surface area contributed by atoms with Crippen molar-refractivity contribution in [1.82, 2.24) is 14.5 Å². The molecule has 0 saturated carbocycles. The zero-order chi connectivity index (χ0) is 14.8. The van der Waals surface area contributed by atoms with E-state index in [1.54, 1.807) is 6.33 Å². The van der Waals surface area contributed by atoms with Crippen molar-refractivity contribution in [2.45, 2.75) is 19.9 Å². The van der Waals surface area contributed by atoms with Crippen LogP contribution in [0, 0.1) is 6.92 Å². The summed E-state index contributed by atoms with van der Waals surface area (Å²) in [4.78, 5) is 18.4.